The molecule has 0 saturated heterocycles. The molecule has 1 aromatic heterocycles. The third-order valence-corrected chi connectivity index (χ3v) is 4.38. The van der Waals surface area contributed by atoms with Crippen molar-refractivity contribution in [3.63, 3.8) is 0 Å². The Kier molecular flexibility index (Phi) is 3.23. The first-order valence-corrected chi connectivity index (χ1v) is 7.18. The summed E-state index contributed by atoms with van der Waals surface area (Å²) in [5.41, 5.74) is 7.80. The molecule has 0 aliphatic rings. The van der Waals surface area contributed by atoms with Crippen molar-refractivity contribution in [2.24, 2.45) is 7.05 Å². The number of aromatic nitrogens is 2. The van der Waals surface area contributed by atoms with Crippen molar-refractivity contribution >= 4 is 21.4 Å². The van der Waals surface area contributed by atoms with E-state index in [9.17, 15) is 8.42 Å². The van der Waals surface area contributed by atoms with Crippen molar-refractivity contribution in [1.29, 1.82) is 0 Å². The van der Waals surface area contributed by atoms with E-state index in [4.69, 9.17) is 5.73 Å². The Bertz CT molecular complexity index is 719. The van der Waals surface area contributed by atoms with Crippen molar-refractivity contribution in [3.05, 3.63) is 35.7 Å². The monoisotopic (exact) mass is 280 g/mol. The Morgan fingerprint density at radius 1 is 1.32 bits per heavy atom. The summed E-state index contributed by atoms with van der Waals surface area (Å²) in [7, 11) is -1.93. The van der Waals surface area contributed by atoms with Gasteiger partial charge in [0.05, 0.1) is 16.3 Å². The number of rotatable bonds is 3. The van der Waals surface area contributed by atoms with Crippen LogP contribution in [0.25, 0.3) is 0 Å². The lowest BCUT2D eigenvalue weighted by molar-refractivity contribution is 0.600. The summed E-state index contributed by atoms with van der Waals surface area (Å²) in [6.45, 7) is 3.42. The van der Waals surface area contributed by atoms with Gasteiger partial charge in [0, 0.05) is 18.9 Å². The SMILES string of the molecule is Cc1nn(C)cc1NS(=O)(=O)c1cccc(N)c1C. The van der Waals surface area contributed by atoms with Crippen molar-refractivity contribution in [2.75, 3.05) is 10.5 Å². The maximum atomic E-state index is 12.3. The summed E-state index contributed by atoms with van der Waals surface area (Å²) >= 11 is 0. The zero-order valence-corrected chi connectivity index (χ0v) is 11.8. The molecule has 0 fully saturated rings. The van der Waals surface area contributed by atoms with Gasteiger partial charge in [-0.25, -0.2) is 8.42 Å². The second-order valence-corrected chi connectivity index (χ2v) is 6.03. The first kappa shape index (κ1) is 13.4. The Labute approximate surface area is 112 Å². The molecule has 6 nitrogen and oxygen atoms in total. The lowest BCUT2D eigenvalue weighted by atomic mass is 10.2. The molecule has 2 rings (SSSR count). The maximum absolute atomic E-state index is 12.3. The highest BCUT2D eigenvalue weighted by Gasteiger charge is 2.19. The predicted molar refractivity (Wildman–Crippen MR) is 74.3 cm³/mol. The zero-order valence-electron chi connectivity index (χ0n) is 11.0. The first-order chi connectivity index (χ1) is 8.81. The van der Waals surface area contributed by atoms with Crippen LogP contribution in [0.2, 0.25) is 0 Å². The van der Waals surface area contributed by atoms with Crippen molar-refractivity contribution < 1.29 is 8.42 Å². The third kappa shape index (κ3) is 2.55. The summed E-state index contributed by atoms with van der Waals surface area (Å²) in [5.74, 6) is 0. The molecule has 0 amide bonds. The maximum Gasteiger partial charge on any atom is 0.262 e. The normalized spacial score (nSPS) is 11.5. The molecule has 0 saturated carbocycles. The molecule has 0 bridgehead atoms. The van der Waals surface area contributed by atoms with Crippen LogP contribution in [0.4, 0.5) is 11.4 Å². The van der Waals surface area contributed by atoms with Gasteiger partial charge in [-0.1, -0.05) is 6.07 Å². The van der Waals surface area contributed by atoms with E-state index in [1.54, 1.807) is 43.9 Å². The van der Waals surface area contributed by atoms with Crippen LogP contribution in [0.1, 0.15) is 11.3 Å². The van der Waals surface area contributed by atoms with Crippen LogP contribution in [-0.4, -0.2) is 18.2 Å². The molecule has 102 valence electrons. The Morgan fingerprint density at radius 3 is 2.58 bits per heavy atom. The van der Waals surface area contributed by atoms with E-state index in [-0.39, 0.29) is 4.90 Å². The average molecular weight is 280 g/mol. The molecule has 0 atom stereocenters. The fraction of sp³-hybridized carbons (Fsp3) is 0.250. The molecule has 3 N–H and O–H groups in total. The van der Waals surface area contributed by atoms with Crippen LogP contribution in [0.15, 0.2) is 29.3 Å². The van der Waals surface area contributed by atoms with Gasteiger partial charge in [-0.05, 0) is 31.5 Å². The molecule has 0 spiro atoms. The number of benzene rings is 1. The molecule has 19 heavy (non-hydrogen) atoms. The molecule has 0 unspecified atom stereocenters. The molecule has 2 aromatic rings. The van der Waals surface area contributed by atoms with Crippen molar-refractivity contribution in [1.82, 2.24) is 9.78 Å². The number of hydrogen-bond acceptors (Lipinski definition) is 4. The van der Waals surface area contributed by atoms with Gasteiger partial charge in [0.1, 0.15) is 0 Å². The highest BCUT2D eigenvalue weighted by Crippen LogP contribution is 2.23. The number of hydrogen-bond donors (Lipinski definition) is 2. The van der Waals surface area contributed by atoms with Crippen LogP contribution < -0.4 is 10.5 Å². The van der Waals surface area contributed by atoms with Gasteiger partial charge in [0.25, 0.3) is 10.0 Å². The van der Waals surface area contributed by atoms with E-state index in [1.165, 1.54) is 6.07 Å². The second-order valence-electron chi connectivity index (χ2n) is 4.38. The van der Waals surface area contributed by atoms with Crippen LogP contribution in [0.3, 0.4) is 0 Å². The topological polar surface area (TPSA) is 90.0 Å². The fourth-order valence-electron chi connectivity index (χ4n) is 1.82. The minimum absolute atomic E-state index is 0.177. The largest absolute Gasteiger partial charge is 0.398 e. The number of nitrogens with one attached hydrogen (secondary N) is 1. The summed E-state index contributed by atoms with van der Waals surface area (Å²) in [5, 5.41) is 4.09. The number of nitrogens with two attached hydrogens (primary N) is 1. The van der Waals surface area contributed by atoms with Crippen LogP contribution in [0, 0.1) is 13.8 Å². The molecular formula is C12H16N4O2S. The highest BCUT2D eigenvalue weighted by molar-refractivity contribution is 7.92. The Balaban J connectivity index is 2.44. The number of sulfonamides is 1. The zero-order chi connectivity index (χ0) is 14.2. The van der Waals surface area contributed by atoms with E-state index in [1.807, 2.05) is 0 Å². The fourth-order valence-corrected chi connectivity index (χ4v) is 3.20. The standard InChI is InChI=1S/C12H16N4O2S/c1-8-10(13)5-4-6-12(8)19(17,18)15-11-7-16(3)14-9(11)2/h4-7,15H,13H2,1-3H3. The third-order valence-electron chi connectivity index (χ3n) is 2.87. The van der Waals surface area contributed by atoms with Crippen LogP contribution >= 0.6 is 0 Å². The van der Waals surface area contributed by atoms with E-state index >= 15 is 0 Å². The molecule has 7 heteroatoms. The van der Waals surface area contributed by atoms with Gasteiger partial charge in [-0.2, -0.15) is 5.10 Å². The number of nitrogen functional groups attached to an aromatic ring is 1. The predicted octanol–water partition coefficient (Wildman–Crippen LogP) is 1.42. The molecule has 0 aliphatic carbocycles. The van der Waals surface area contributed by atoms with Gasteiger partial charge >= 0.3 is 0 Å². The van der Waals surface area contributed by atoms with Gasteiger partial charge in [-0.3, -0.25) is 9.40 Å². The average Bonchev–Trinajstić information content (AvgIpc) is 2.60. The molecule has 1 heterocycles. The van der Waals surface area contributed by atoms with Crippen LogP contribution in [0.5, 0.6) is 0 Å². The minimum atomic E-state index is -3.66. The van der Waals surface area contributed by atoms with E-state index in [2.05, 4.69) is 9.82 Å². The summed E-state index contributed by atoms with van der Waals surface area (Å²) in [4.78, 5) is 0.177. The summed E-state index contributed by atoms with van der Waals surface area (Å²) in [6.07, 6.45) is 1.62. The van der Waals surface area contributed by atoms with E-state index in [0.717, 1.165) is 0 Å². The molecule has 1 aromatic carbocycles. The Morgan fingerprint density at radius 2 is 2.00 bits per heavy atom. The minimum Gasteiger partial charge on any atom is -0.398 e. The smallest absolute Gasteiger partial charge is 0.262 e. The summed E-state index contributed by atoms with van der Waals surface area (Å²) < 4.78 is 28.7. The molecule has 0 radical (unpaired) electrons. The van der Waals surface area contributed by atoms with E-state index < -0.39 is 10.0 Å². The lowest BCUT2D eigenvalue weighted by Crippen LogP contribution is -2.15. The van der Waals surface area contributed by atoms with Gasteiger partial charge in [-0.15, -0.1) is 0 Å². The number of nitrogens with zero attached hydrogens (tertiary/aromatic N) is 2. The Hall–Kier alpha value is -2.02. The first-order valence-electron chi connectivity index (χ1n) is 5.69. The quantitative estimate of drug-likeness (QED) is 0.832. The van der Waals surface area contributed by atoms with Crippen molar-refractivity contribution in [3.8, 4) is 0 Å². The van der Waals surface area contributed by atoms with Crippen molar-refractivity contribution in [2.45, 2.75) is 18.7 Å². The van der Waals surface area contributed by atoms with Gasteiger partial charge < -0.3 is 5.73 Å². The van der Waals surface area contributed by atoms with Crippen LogP contribution in [-0.2, 0) is 17.1 Å². The number of aryl methyl sites for hydroxylation is 2. The highest BCUT2D eigenvalue weighted by atomic mass is 32.2. The molecule has 0 aliphatic heterocycles. The van der Waals surface area contributed by atoms with E-state index in [0.29, 0.717) is 22.6 Å². The van der Waals surface area contributed by atoms with Gasteiger partial charge in [0.2, 0.25) is 0 Å². The summed E-state index contributed by atoms with van der Waals surface area (Å²) in [6, 6.07) is 4.82. The molecular weight excluding hydrogens is 264 g/mol. The lowest BCUT2D eigenvalue weighted by Gasteiger charge is -2.10. The number of anilines is 2. The second kappa shape index (κ2) is 4.58. The van der Waals surface area contributed by atoms with Gasteiger partial charge in [0.15, 0.2) is 0 Å².